The van der Waals surface area contributed by atoms with Crippen LogP contribution in [0, 0.1) is 0 Å². The SMILES string of the molecule is C1=CN2N=CN(CN3CCN(c4ccccc4)CC3)C2S1. The summed E-state index contributed by atoms with van der Waals surface area (Å²) in [5.74, 6) is 0. The Morgan fingerprint density at radius 2 is 1.90 bits per heavy atom. The first-order chi connectivity index (χ1) is 10.4. The fraction of sp³-hybridized carbons (Fsp3) is 0.400. The largest absolute Gasteiger partial charge is 0.369 e. The van der Waals surface area contributed by atoms with Crippen LogP contribution in [0.25, 0.3) is 0 Å². The van der Waals surface area contributed by atoms with Gasteiger partial charge < -0.3 is 9.80 Å². The molecule has 0 spiro atoms. The second-order valence-electron chi connectivity index (χ2n) is 5.45. The number of anilines is 1. The Morgan fingerprint density at radius 1 is 1.10 bits per heavy atom. The lowest BCUT2D eigenvalue weighted by atomic mass is 10.2. The summed E-state index contributed by atoms with van der Waals surface area (Å²) in [6, 6.07) is 10.7. The van der Waals surface area contributed by atoms with E-state index in [1.807, 2.05) is 29.3 Å². The van der Waals surface area contributed by atoms with Crippen LogP contribution in [-0.4, -0.2) is 59.5 Å². The van der Waals surface area contributed by atoms with Gasteiger partial charge in [0, 0.05) is 38.1 Å². The minimum Gasteiger partial charge on any atom is -0.369 e. The Labute approximate surface area is 129 Å². The molecule has 0 aliphatic carbocycles. The minimum atomic E-state index is 0.331. The number of fused-ring (bicyclic) bond motifs is 1. The number of benzene rings is 1. The highest BCUT2D eigenvalue weighted by molar-refractivity contribution is 8.02. The minimum absolute atomic E-state index is 0.331. The molecule has 1 aromatic carbocycles. The van der Waals surface area contributed by atoms with Crippen molar-refractivity contribution in [2.24, 2.45) is 5.10 Å². The third-order valence-electron chi connectivity index (χ3n) is 4.11. The summed E-state index contributed by atoms with van der Waals surface area (Å²) in [4.78, 5) is 7.28. The van der Waals surface area contributed by atoms with Crippen molar-refractivity contribution in [1.82, 2.24) is 14.8 Å². The maximum absolute atomic E-state index is 4.40. The van der Waals surface area contributed by atoms with Crippen molar-refractivity contribution in [2.45, 2.75) is 5.50 Å². The van der Waals surface area contributed by atoms with Crippen LogP contribution in [0.3, 0.4) is 0 Å². The molecule has 3 aliphatic heterocycles. The predicted molar refractivity (Wildman–Crippen MR) is 87.8 cm³/mol. The molecule has 0 amide bonds. The molecule has 1 fully saturated rings. The molecule has 4 rings (SSSR count). The number of rotatable bonds is 3. The lowest BCUT2D eigenvalue weighted by Crippen LogP contribution is -2.51. The molecule has 0 bridgehead atoms. The average Bonchev–Trinajstić information content (AvgIpc) is 3.14. The number of hydrogen-bond donors (Lipinski definition) is 0. The van der Waals surface area contributed by atoms with E-state index >= 15 is 0 Å². The zero-order chi connectivity index (χ0) is 14.1. The molecule has 1 saturated heterocycles. The van der Waals surface area contributed by atoms with Gasteiger partial charge in [0.05, 0.1) is 6.67 Å². The Morgan fingerprint density at radius 3 is 2.71 bits per heavy atom. The number of hydrogen-bond acceptors (Lipinski definition) is 6. The normalized spacial score (nSPS) is 25.0. The molecule has 110 valence electrons. The molecule has 0 radical (unpaired) electrons. The van der Waals surface area contributed by atoms with Crippen LogP contribution in [0.2, 0.25) is 0 Å². The van der Waals surface area contributed by atoms with Crippen LogP contribution in [0.15, 0.2) is 47.0 Å². The Bertz CT molecular complexity index is 538. The van der Waals surface area contributed by atoms with E-state index in [0.29, 0.717) is 5.50 Å². The average molecular weight is 301 g/mol. The predicted octanol–water partition coefficient (Wildman–Crippen LogP) is 1.83. The first-order valence-electron chi connectivity index (χ1n) is 7.33. The van der Waals surface area contributed by atoms with Crippen molar-refractivity contribution in [1.29, 1.82) is 0 Å². The second kappa shape index (κ2) is 5.61. The van der Waals surface area contributed by atoms with Gasteiger partial charge in [0.15, 0.2) is 5.50 Å². The highest BCUT2D eigenvalue weighted by Crippen LogP contribution is 2.31. The van der Waals surface area contributed by atoms with Crippen LogP contribution < -0.4 is 4.90 Å². The lowest BCUT2D eigenvalue weighted by Gasteiger charge is -2.38. The van der Waals surface area contributed by atoms with Gasteiger partial charge in [-0.25, -0.2) is 5.01 Å². The molecule has 1 atom stereocenters. The molecule has 5 nitrogen and oxygen atoms in total. The van der Waals surface area contributed by atoms with Crippen LogP contribution in [0.5, 0.6) is 0 Å². The topological polar surface area (TPSA) is 25.3 Å². The molecule has 1 unspecified atom stereocenters. The van der Waals surface area contributed by atoms with Crippen LogP contribution in [-0.2, 0) is 0 Å². The maximum Gasteiger partial charge on any atom is 0.176 e. The quantitative estimate of drug-likeness (QED) is 0.848. The molecule has 0 aromatic heterocycles. The van der Waals surface area contributed by atoms with E-state index in [0.717, 1.165) is 32.8 Å². The number of piperazine rings is 1. The third-order valence-corrected chi connectivity index (χ3v) is 5.12. The van der Waals surface area contributed by atoms with Crippen molar-refractivity contribution in [3.63, 3.8) is 0 Å². The highest BCUT2D eigenvalue weighted by Gasteiger charge is 2.31. The van der Waals surface area contributed by atoms with Crippen molar-refractivity contribution in [2.75, 3.05) is 37.7 Å². The summed E-state index contributed by atoms with van der Waals surface area (Å²) >= 11 is 1.82. The zero-order valence-corrected chi connectivity index (χ0v) is 12.7. The van der Waals surface area contributed by atoms with E-state index in [2.05, 4.69) is 55.5 Å². The molecule has 6 heteroatoms. The molecule has 3 aliphatic rings. The highest BCUT2D eigenvalue weighted by atomic mass is 32.2. The Hall–Kier alpha value is -1.66. The van der Waals surface area contributed by atoms with Crippen molar-refractivity contribution < 1.29 is 0 Å². The molecular formula is C15H19N5S. The smallest absolute Gasteiger partial charge is 0.176 e. The fourth-order valence-corrected chi connectivity index (χ4v) is 3.80. The van der Waals surface area contributed by atoms with E-state index in [-0.39, 0.29) is 0 Å². The number of thioether (sulfide) groups is 1. The van der Waals surface area contributed by atoms with Gasteiger partial charge in [-0.1, -0.05) is 30.0 Å². The summed E-state index contributed by atoms with van der Waals surface area (Å²) in [6.07, 6.45) is 4.00. The number of hydrazone groups is 1. The third kappa shape index (κ3) is 2.61. The Balaban J connectivity index is 1.31. The summed E-state index contributed by atoms with van der Waals surface area (Å²) in [7, 11) is 0. The standard InChI is InChI=1S/C15H19N5S/c1-2-4-14(5-3-1)18-8-6-17(7-9-18)13-19-12-16-20-10-11-21-15(19)20/h1-5,10-12,15H,6-9,13H2. The van der Waals surface area contributed by atoms with E-state index in [9.17, 15) is 0 Å². The van der Waals surface area contributed by atoms with Crippen molar-refractivity contribution in [3.8, 4) is 0 Å². The molecule has 0 N–H and O–H groups in total. The van der Waals surface area contributed by atoms with Gasteiger partial charge in [-0.2, -0.15) is 5.10 Å². The van der Waals surface area contributed by atoms with Crippen molar-refractivity contribution in [3.05, 3.63) is 41.9 Å². The van der Waals surface area contributed by atoms with Gasteiger partial charge in [-0.05, 0) is 17.5 Å². The molecule has 21 heavy (non-hydrogen) atoms. The molecule has 1 aromatic rings. The first kappa shape index (κ1) is 13.0. The zero-order valence-electron chi connectivity index (χ0n) is 11.9. The van der Waals surface area contributed by atoms with E-state index in [1.54, 1.807) is 0 Å². The summed E-state index contributed by atoms with van der Waals surface area (Å²) < 4.78 is 0. The second-order valence-corrected chi connectivity index (χ2v) is 6.42. The number of para-hydroxylation sites is 1. The van der Waals surface area contributed by atoms with Gasteiger partial charge in [-0.3, -0.25) is 4.90 Å². The molecule has 0 saturated carbocycles. The molecular weight excluding hydrogens is 282 g/mol. The Kier molecular flexibility index (Phi) is 3.48. The van der Waals surface area contributed by atoms with Crippen LogP contribution in [0.4, 0.5) is 5.69 Å². The summed E-state index contributed by atoms with van der Waals surface area (Å²) in [5, 5.41) is 8.53. The summed E-state index contributed by atoms with van der Waals surface area (Å²) in [5.41, 5.74) is 1.67. The van der Waals surface area contributed by atoms with Gasteiger partial charge in [0.1, 0.15) is 6.34 Å². The van der Waals surface area contributed by atoms with E-state index < -0.39 is 0 Å². The lowest BCUT2D eigenvalue weighted by molar-refractivity contribution is 0.151. The van der Waals surface area contributed by atoms with Gasteiger partial charge in [-0.15, -0.1) is 0 Å². The van der Waals surface area contributed by atoms with E-state index in [1.165, 1.54) is 5.69 Å². The van der Waals surface area contributed by atoms with Crippen LogP contribution >= 0.6 is 11.8 Å². The van der Waals surface area contributed by atoms with Gasteiger partial charge in [0.2, 0.25) is 0 Å². The monoisotopic (exact) mass is 301 g/mol. The summed E-state index contributed by atoms with van der Waals surface area (Å²) in [6.45, 7) is 5.35. The fourth-order valence-electron chi connectivity index (χ4n) is 2.94. The van der Waals surface area contributed by atoms with Crippen LogP contribution in [0.1, 0.15) is 0 Å². The van der Waals surface area contributed by atoms with Crippen molar-refractivity contribution >= 4 is 23.8 Å². The number of nitrogens with zero attached hydrogens (tertiary/aromatic N) is 5. The maximum atomic E-state index is 4.40. The van der Waals surface area contributed by atoms with E-state index in [4.69, 9.17) is 0 Å². The van der Waals surface area contributed by atoms with Gasteiger partial charge in [0.25, 0.3) is 0 Å². The molecule has 3 heterocycles. The first-order valence-corrected chi connectivity index (χ1v) is 8.27. The van der Waals surface area contributed by atoms with Gasteiger partial charge >= 0.3 is 0 Å².